The second-order valence-corrected chi connectivity index (χ2v) is 2.05. The highest BCUT2D eigenvalue weighted by Gasteiger charge is 2.26. The molecule has 0 bridgehead atoms. The second-order valence-electron chi connectivity index (χ2n) is 2.05. The number of carbonyl (C=O) groups excluding carboxylic acids is 1. The Labute approximate surface area is 56.9 Å². The van der Waals surface area contributed by atoms with Gasteiger partial charge in [0.25, 0.3) is 0 Å². The van der Waals surface area contributed by atoms with E-state index in [1.807, 2.05) is 0 Å². The van der Waals surface area contributed by atoms with E-state index in [1.165, 1.54) is 6.07 Å². The lowest BCUT2D eigenvalue weighted by Gasteiger charge is -1.87. The molecule has 3 nitrogen and oxygen atoms in total. The van der Waals surface area contributed by atoms with Crippen molar-refractivity contribution in [3.8, 4) is 17.2 Å². The number of hydrogen-bond donors (Lipinski definition) is 1. The number of aldehydes is 1. The third-order valence-electron chi connectivity index (χ3n) is 1.43. The van der Waals surface area contributed by atoms with Gasteiger partial charge in [-0.25, -0.2) is 0 Å². The van der Waals surface area contributed by atoms with Crippen molar-refractivity contribution in [2.45, 2.75) is 0 Å². The van der Waals surface area contributed by atoms with E-state index in [0.29, 0.717) is 17.8 Å². The van der Waals surface area contributed by atoms with Crippen molar-refractivity contribution in [1.82, 2.24) is 0 Å². The summed E-state index contributed by atoms with van der Waals surface area (Å²) in [5.41, 5.74) is 0.248. The van der Waals surface area contributed by atoms with Crippen LogP contribution < -0.4 is 4.74 Å². The first-order valence-electron chi connectivity index (χ1n) is 2.82. The number of fused-ring (bicyclic) bond motifs is 1. The first-order chi connectivity index (χ1) is 4.83. The average Bonchev–Trinajstić information content (AvgIpc) is 2.66. The smallest absolute Gasteiger partial charge is 0.184 e. The number of carbonyl (C=O) groups is 1. The van der Waals surface area contributed by atoms with E-state index in [2.05, 4.69) is 0 Å². The number of ether oxygens (including phenoxy) is 1. The van der Waals surface area contributed by atoms with E-state index in [9.17, 15) is 4.79 Å². The molecule has 0 saturated carbocycles. The Morgan fingerprint density at radius 1 is 1.50 bits per heavy atom. The topological polar surface area (TPSA) is 49.8 Å². The zero-order valence-electron chi connectivity index (χ0n) is 5.00. The predicted molar refractivity (Wildman–Crippen MR) is 33.6 cm³/mol. The maximum absolute atomic E-state index is 10.2. The maximum Gasteiger partial charge on any atom is 0.184 e. The van der Waals surface area contributed by atoms with Crippen LogP contribution in [0.2, 0.25) is 0 Å². The Bertz CT molecular complexity index is 300. The van der Waals surface area contributed by atoms with Crippen molar-refractivity contribution < 1.29 is 14.6 Å². The lowest BCUT2D eigenvalue weighted by Crippen LogP contribution is -1.74. The van der Waals surface area contributed by atoms with E-state index < -0.39 is 0 Å². The Balaban J connectivity index is 2.67. The molecule has 0 atom stereocenters. The van der Waals surface area contributed by atoms with Crippen molar-refractivity contribution in [2.75, 3.05) is 0 Å². The summed E-state index contributed by atoms with van der Waals surface area (Å²) in [7, 11) is 0. The molecule has 1 aromatic rings. The van der Waals surface area contributed by atoms with Gasteiger partial charge in [-0.1, -0.05) is 0 Å². The van der Waals surface area contributed by atoms with Gasteiger partial charge in [-0.2, -0.15) is 0 Å². The number of benzene rings is 1. The summed E-state index contributed by atoms with van der Waals surface area (Å²) in [6, 6.07) is 3.06. The van der Waals surface area contributed by atoms with Crippen LogP contribution >= 0.6 is 0 Å². The molecule has 0 unspecified atom stereocenters. The molecular formula is C7H4O3. The number of rotatable bonds is 1. The highest BCUT2D eigenvalue weighted by molar-refractivity contribution is 5.88. The molecule has 1 aliphatic rings. The number of hydrogen-bond acceptors (Lipinski definition) is 3. The second kappa shape index (κ2) is 1.50. The van der Waals surface area contributed by atoms with Crippen LogP contribution in [0.25, 0.3) is 0 Å². The fourth-order valence-electron chi connectivity index (χ4n) is 0.856. The van der Waals surface area contributed by atoms with E-state index in [1.54, 1.807) is 6.07 Å². The van der Waals surface area contributed by atoms with Crippen LogP contribution in [0.4, 0.5) is 0 Å². The largest absolute Gasteiger partial charge is 0.507 e. The molecule has 0 radical (unpaired) electrons. The number of phenols is 1. The summed E-state index contributed by atoms with van der Waals surface area (Å²) in [6.45, 7) is 0. The van der Waals surface area contributed by atoms with Crippen LogP contribution in [0, 0.1) is 0 Å². The Hall–Kier alpha value is -1.51. The zero-order valence-corrected chi connectivity index (χ0v) is 5.00. The highest BCUT2D eigenvalue weighted by atomic mass is 16.6. The van der Waals surface area contributed by atoms with E-state index in [0.717, 1.165) is 0 Å². The quantitative estimate of drug-likeness (QED) is 0.475. The molecule has 3 heteroatoms. The van der Waals surface area contributed by atoms with Crippen LogP contribution in [-0.4, -0.2) is 11.4 Å². The SMILES string of the molecule is O=Cc1c(O)ccc2c1O2. The third kappa shape index (κ3) is 0.515. The zero-order chi connectivity index (χ0) is 7.14. The van der Waals surface area contributed by atoms with Gasteiger partial charge in [-0.3, -0.25) is 4.79 Å². The van der Waals surface area contributed by atoms with E-state index >= 15 is 0 Å². The predicted octanol–water partition coefficient (Wildman–Crippen LogP) is 1.31. The third-order valence-corrected chi connectivity index (χ3v) is 1.43. The molecule has 0 aliphatic carbocycles. The van der Waals surface area contributed by atoms with Gasteiger partial charge in [0.1, 0.15) is 11.3 Å². The van der Waals surface area contributed by atoms with Gasteiger partial charge < -0.3 is 9.84 Å². The molecule has 0 fully saturated rings. The molecule has 1 heterocycles. The van der Waals surface area contributed by atoms with Crippen molar-refractivity contribution >= 4 is 6.29 Å². The molecule has 1 aromatic carbocycles. The van der Waals surface area contributed by atoms with Crippen molar-refractivity contribution in [3.63, 3.8) is 0 Å². The lowest BCUT2D eigenvalue weighted by atomic mass is 10.2. The van der Waals surface area contributed by atoms with E-state index in [4.69, 9.17) is 9.84 Å². The molecule has 1 aliphatic heterocycles. The number of phenolic OH excluding ortho intramolecular Hbond substituents is 1. The van der Waals surface area contributed by atoms with Crippen LogP contribution in [0.3, 0.4) is 0 Å². The molecule has 0 amide bonds. The normalized spacial score (nSPS) is 11.6. The summed E-state index contributed by atoms with van der Waals surface area (Å²) < 4.78 is 4.85. The van der Waals surface area contributed by atoms with Crippen LogP contribution in [-0.2, 0) is 0 Å². The Morgan fingerprint density at radius 2 is 2.30 bits per heavy atom. The standard InChI is InChI=1S/C7H4O3/c8-3-4-5(9)1-2-6-7(4)10-6/h1-3,9H. The Kier molecular flexibility index (Phi) is 0.795. The van der Waals surface area contributed by atoms with Gasteiger partial charge in [0.15, 0.2) is 17.8 Å². The number of aromatic hydroxyl groups is 1. The van der Waals surface area contributed by atoms with Gasteiger partial charge in [0.05, 0.1) is 0 Å². The molecule has 1 N–H and O–H groups in total. The molecule has 10 heavy (non-hydrogen) atoms. The first kappa shape index (κ1) is 5.29. The monoisotopic (exact) mass is 136 g/mol. The van der Waals surface area contributed by atoms with E-state index in [-0.39, 0.29) is 11.3 Å². The fourth-order valence-corrected chi connectivity index (χ4v) is 0.856. The van der Waals surface area contributed by atoms with Gasteiger partial charge in [-0.05, 0) is 12.1 Å². The average molecular weight is 136 g/mol. The summed E-state index contributed by atoms with van der Waals surface area (Å²) in [5, 5.41) is 9.01. The highest BCUT2D eigenvalue weighted by Crippen LogP contribution is 2.50. The van der Waals surface area contributed by atoms with Crippen molar-refractivity contribution in [2.24, 2.45) is 0 Å². The minimum atomic E-state index is -0.0220. The minimum absolute atomic E-state index is 0.0220. The minimum Gasteiger partial charge on any atom is -0.507 e. The molecule has 0 saturated heterocycles. The molecule has 0 spiro atoms. The van der Waals surface area contributed by atoms with Crippen LogP contribution in [0.5, 0.6) is 17.2 Å². The summed E-state index contributed by atoms with van der Waals surface area (Å²) in [4.78, 5) is 10.2. The van der Waals surface area contributed by atoms with Crippen molar-refractivity contribution in [1.29, 1.82) is 0 Å². The summed E-state index contributed by atoms with van der Waals surface area (Å²) in [5.74, 6) is 1.17. The van der Waals surface area contributed by atoms with Gasteiger partial charge in [0, 0.05) is 0 Å². The van der Waals surface area contributed by atoms with Gasteiger partial charge >= 0.3 is 0 Å². The van der Waals surface area contributed by atoms with Crippen molar-refractivity contribution in [3.05, 3.63) is 17.7 Å². The summed E-state index contributed by atoms with van der Waals surface area (Å²) in [6.07, 6.45) is 0.584. The van der Waals surface area contributed by atoms with Crippen LogP contribution in [0.1, 0.15) is 10.4 Å². The maximum atomic E-state index is 10.2. The molecule has 2 rings (SSSR count). The lowest BCUT2D eigenvalue weighted by molar-refractivity contribution is 0.112. The first-order valence-corrected chi connectivity index (χ1v) is 2.82. The van der Waals surface area contributed by atoms with Gasteiger partial charge in [0.2, 0.25) is 0 Å². The van der Waals surface area contributed by atoms with Gasteiger partial charge in [-0.15, -0.1) is 0 Å². The molecule has 0 aromatic heterocycles. The molecule has 50 valence electrons. The molecular weight excluding hydrogens is 132 g/mol. The van der Waals surface area contributed by atoms with Crippen LogP contribution in [0.15, 0.2) is 12.1 Å². The summed E-state index contributed by atoms with van der Waals surface area (Å²) >= 11 is 0. The Morgan fingerprint density at radius 3 is 2.90 bits per heavy atom. The fraction of sp³-hybridized carbons (Fsp3) is 0.